The van der Waals surface area contributed by atoms with Crippen molar-refractivity contribution in [2.75, 3.05) is 39.3 Å². The number of nitrogens with two attached hydrogens (primary N) is 1. The van der Waals surface area contributed by atoms with Gasteiger partial charge in [0, 0.05) is 32.7 Å². The van der Waals surface area contributed by atoms with Gasteiger partial charge in [-0.15, -0.1) is 0 Å². The average Bonchev–Trinajstić information content (AvgIpc) is 2.95. The predicted octanol–water partition coefficient (Wildman–Crippen LogP) is -2.20. The van der Waals surface area contributed by atoms with Gasteiger partial charge in [-0.05, 0) is 25.0 Å². The SMILES string of the molecule is CCN1CCN(C(=O)NCC(CN)(CO)C(=O)N[C@H]2Cc3cccc(C(=O)O)c3OB2O)C(=O)C1=O.O=C(O)C(F)(F)F. The molecule has 2 atom stereocenters. The Balaban J connectivity index is 0.000000821. The smallest absolute Gasteiger partial charge is 0.534 e. The zero-order chi connectivity index (χ0) is 32.7. The fourth-order valence-corrected chi connectivity index (χ4v) is 3.99. The standard InChI is InChI=1S/C21H28BN5O9.C2HF3O2/c1-2-26-6-7-27(17(30)16(26)29)20(34)24-10-21(9-23,11-28)19(33)25-14-8-12-4-3-5-13(18(31)32)15(12)36-22(14)35;3-2(4,5)1(6)7/h3-5,14,28,35H,2,6-11,23H2,1H3,(H,24,34)(H,25,33)(H,31,32);(H,6,7)/t14-,21?;/m0./s1. The number of urea groups is 1. The van der Waals surface area contributed by atoms with Crippen LogP contribution in [-0.4, -0.2) is 124 Å². The molecule has 0 aliphatic carbocycles. The number of aromatic carboxylic acids is 1. The molecule has 1 aromatic rings. The quantitative estimate of drug-likeness (QED) is 0.121. The van der Waals surface area contributed by atoms with Crippen molar-refractivity contribution in [2.45, 2.75) is 25.5 Å². The number of hydrogen-bond donors (Lipinski definition) is 7. The van der Waals surface area contributed by atoms with Gasteiger partial charge < -0.3 is 46.3 Å². The lowest BCUT2D eigenvalue weighted by atomic mass is 9.71. The minimum atomic E-state index is -5.08. The van der Waals surface area contributed by atoms with Crippen molar-refractivity contribution >= 4 is 42.8 Å². The largest absolute Gasteiger partial charge is 0.547 e. The van der Waals surface area contributed by atoms with Crippen LogP contribution in [0, 0.1) is 5.41 Å². The van der Waals surface area contributed by atoms with Crippen LogP contribution in [-0.2, 0) is 25.6 Å². The highest BCUT2D eigenvalue weighted by molar-refractivity contribution is 6.47. The number of aliphatic hydroxyl groups is 1. The van der Waals surface area contributed by atoms with Crippen LogP contribution in [0.3, 0.4) is 0 Å². The van der Waals surface area contributed by atoms with Gasteiger partial charge in [-0.25, -0.2) is 14.4 Å². The zero-order valence-corrected chi connectivity index (χ0v) is 22.6. The van der Waals surface area contributed by atoms with Crippen molar-refractivity contribution in [2.24, 2.45) is 11.1 Å². The maximum absolute atomic E-state index is 13.1. The normalized spacial score (nSPS) is 17.9. The first-order chi connectivity index (χ1) is 20.0. The highest BCUT2D eigenvalue weighted by Gasteiger charge is 2.44. The summed E-state index contributed by atoms with van der Waals surface area (Å²) in [5.74, 6) is -7.65. The maximum atomic E-state index is 13.1. The number of carbonyl (C=O) groups is 6. The number of likely N-dealkylation sites (N-methyl/N-ethyl adjacent to an activating group) is 1. The summed E-state index contributed by atoms with van der Waals surface area (Å²) in [5.41, 5.74) is 4.34. The monoisotopic (exact) mass is 619 g/mol. The number of nitrogens with zero attached hydrogens (tertiary/aromatic N) is 2. The highest BCUT2D eigenvalue weighted by Crippen LogP contribution is 2.30. The van der Waals surface area contributed by atoms with E-state index in [4.69, 9.17) is 20.3 Å². The lowest BCUT2D eigenvalue weighted by molar-refractivity contribution is -0.192. The summed E-state index contributed by atoms with van der Waals surface area (Å²) in [5, 5.41) is 41.7. The number of rotatable bonds is 8. The summed E-state index contributed by atoms with van der Waals surface area (Å²) < 4.78 is 37.1. The number of nitrogens with one attached hydrogen (secondary N) is 2. The molecule has 0 aromatic heterocycles. The van der Waals surface area contributed by atoms with Gasteiger partial charge in [0.2, 0.25) is 5.91 Å². The van der Waals surface area contributed by atoms with Crippen LogP contribution in [0.2, 0.25) is 0 Å². The third-order valence-electron chi connectivity index (χ3n) is 6.60. The Kier molecular flexibility index (Phi) is 11.5. The number of hydrogen-bond acceptors (Lipinski definition) is 10. The maximum Gasteiger partial charge on any atom is 0.547 e. The minimum absolute atomic E-state index is 0.00936. The Bertz CT molecular complexity index is 1260. The van der Waals surface area contributed by atoms with Crippen molar-refractivity contribution in [1.29, 1.82) is 0 Å². The number of piperazine rings is 1. The number of aliphatic carboxylic acids is 1. The number of imide groups is 1. The van der Waals surface area contributed by atoms with Crippen molar-refractivity contribution in [3.05, 3.63) is 29.3 Å². The Morgan fingerprint density at radius 1 is 1.14 bits per heavy atom. The lowest BCUT2D eigenvalue weighted by Gasteiger charge is -2.35. The van der Waals surface area contributed by atoms with Gasteiger partial charge in [0.25, 0.3) is 0 Å². The van der Waals surface area contributed by atoms with E-state index in [1.807, 2.05) is 0 Å². The van der Waals surface area contributed by atoms with Gasteiger partial charge in [-0.2, -0.15) is 13.2 Å². The molecule has 20 heteroatoms. The first kappa shape index (κ1) is 34.8. The van der Waals surface area contributed by atoms with Crippen LogP contribution in [0.15, 0.2) is 18.2 Å². The van der Waals surface area contributed by atoms with Crippen LogP contribution in [0.5, 0.6) is 5.75 Å². The number of carbonyl (C=O) groups excluding carboxylic acids is 4. The van der Waals surface area contributed by atoms with Crippen molar-refractivity contribution in [3.63, 3.8) is 0 Å². The van der Waals surface area contributed by atoms with Gasteiger partial charge in [-0.3, -0.25) is 19.3 Å². The molecule has 0 saturated carbocycles. The number of aliphatic hydroxyl groups excluding tert-OH is 1. The Morgan fingerprint density at radius 2 is 1.77 bits per heavy atom. The number of para-hydroxylation sites is 1. The molecule has 236 valence electrons. The second-order valence-electron chi connectivity index (χ2n) is 9.34. The van der Waals surface area contributed by atoms with Gasteiger partial charge in [0.15, 0.2) is 0 Å². The van der Waals surface area contributed by atoms with Crippen molar-refractivity contribution in [1.82, 2.24) is 20.4 Å². The third-order valence-corrected chi connectivity index (χ3v) is 6.60. The topological polar surface area (TPSA) is 249 Å². The molecule has 2 heterocycles. The molecule has 0 spiro atoms. The predicted molar refractivity (Wildman–Crippen MR) is 137 cm³/mol. The van der Waals surface area contributed by atoms with E-state index in [1.54, 1.807) is 13.0 Å². The molecule has 43 heavy (non-hydrogen) atoms. The van der Waals surface area contributed by atoms with Gasteiger partial charge in [-0.1, -0.05) is 12.1 Å². The Hall–Kier alpha value is -4.43. The van der Waals surface area contributed by atoms with E-state index >= 15 is 0 Å². The number of halogens is 3. The van der Waals surface area contributed by atoms with Crippen LogP contribution >= 0.6 is 0 Å². The van der Waals surface area contributed by atoms with Crippen LogP contribution in [0.4, 0.5) is 18.0 Å². The summed E-state index contributed by atoms with van der Waals surface area (Å²) in [4.78, 5) is 72.3. The third kappa shape index (κ3) is 8.11. The van der Waals surface area contributed by atoms with E-state index in [0.717, 1.165) is 4.90 Å². The van der Waals surface area contributed by atoms with E-state index in [0.29, 0.717) is 12.1 Å². The van der Waals surface area contributed by atoms with Gasteiger partial charge in [0.05, 0.1) is 18.1 Å². The fraction of sp³-hybridized carbons (Fsp3) is 0.478. The molecule has 1 saturated heterocycles. The first-order valence-corrected chi connectivity index (χ1v) is 12.5. The number of fused-ring (bicyclic) bond motifs is 1. The molecule has 1 unspecified atom stereocenters. The fourth-order valence-electron chi connectivity index (χ4n) is 3.99. The first-order valence-electron chi connectivity index (χ1n) is 12.5. The Labute approximate surface area is 241 Å². The number of amides is 5. The molecule has 1 aromatic carbocycles. The molecular formula is C23H29BF3N5O11. The number of alkyl halides is 3. The van der Waals surface area contributed by atoms with Gasteiger partial charge in [0.1, 0.15) is 11.2 Å². The summed E-state index contributed by atoms with van der Waals surface area (Å²) >= 11 is 0. The zero-order valence-electron chi connectivity index (χ0n) is 22.6. The van der Waals surface area contributed by atoms with E-state index in [2.05, 4.69) is 10.6 Å². The average molecular weight is 619 g/mol. The number of carboxylic acids is 2. The Morgan fingerprint density at radius 3 is 2.28 bits per heavy atom. The molecule has 5 amide bonds. The van der Waals surface area contributed by atoms with Crippen LogP contribution in [0.1, 0.15) is 22.8 Å². The van der Waals surface area contributed by atoms with Gasteiger partial charge >= 0.3 is 43.1 Å². The van der Waals surface area contributed by atoms with E-state index in [9.17, 15) is 52.4 Å². The van der Waals surface area contributed by atoms with Crippen molar-refractivity contribution < 1.29 is 66.9 Å². The molecule has 0 radical (unpaired) electrons. The number of benzene rings is 1. The van der Waals surface area contributed by atoms with E-state index < -0.39 is 80.0 Å². The second-order valence-corrected chi connectivity index (χ2v) is 9.34. The molecule has 2 aliphatic heterocycles. The molecular weight excluding hydrogens is 590 g/mol. The van der Waals surface area contributed by atoms with E-state index in [-0.39, 0.29) is 30.8 Å². The molecule has 0 bridgehead atoms. The summed E-state index contributed by atoms with van der Waals surface area (Å²) in [6.45, 7) is 0.499. The summed E-state index contributed by atoms with van der Waals surface area (Å²) in [6, 6.07) is 3.49. The minimum Gasteiger partial charge on any atom is -0.534 e. The van der Waals surface area contributed by atoms with Crippen molar-refractivity contribution in [3.8, 4) is 5.75 Å². The second kappa shape index (κ2) is 14.2. The van der Waals surface area contributed by atoms with Crippen LogP contribution in [0.25, 0.3) is 0 Å². The highest BCUT2D eigenvalue weighted by atomic mass is 19.4. The molecule has 1 fully saturated rings. The molecule has 16 nitrogen and oxygen atoms in total. The lowest BCUT2D eigenvalue weighted by Crippen LogP contribution is -2.63. The molecule has 8 N–H and O–H groups in total. The molecule has 2 aliphatic rings. The van der Waals surface area contributed by atoms with Crippen LogP contribution < -0.4 is 21.0 Å². The summed E-state index contributed by atoms with van der Waals surface area (Å²) in [7, 11) is -1.59. The number of carboxylic acid groups (broad SMARTS) is 2. The summed E-state index contributed by atoms with van der Waals surface area (Å²) in [6.07, 6.45) is -5.06. The van der Waals surface area contributed by atoms with E-state index in [1.165, 1.54) is 17.0 Å². The molecule has 3 rings (SSSR count).